The molecule has 0 fully saturated rings. The molecule has 44 heavy (non-hydrogen) atoms. The van der Waals surface area contributed by atoms with Gasteiger partial charge >= 0.3 is 6.18 Å². The van der Waals surface area contributed by atoms with E-state index in [-0.39, 0.29) is 35.0 Å². The topological polar surface area (TPSA) is 107 Å². The number of anilines is 1. The largest absolute Gasteiger partial charge is 0.389 e. The minimum atomic E-state index is -4.41. The van der Waals surface area contributed by atoms with E-state index in [4.69, 9.17) is 9.51 Å². The number of benzene rings is 2. The highest BCUT2D eigenvalue weighted by Crippen LogP contribution is 2.35. The average Bonchev–Trinajstić information content (AvgIpc) is 3.40. The Balaban J connectivity index is 1.58. The summed E-state index contributed by atoms with van der Waals surface area (Å²) in [6, 6.07) is 11.3. The number of halogens is 3. The maximum atomic E-state index is 13.5. The van der Waals surface area contributed by atoms with Gasteiger partial charge in [-0.2, -0.15) is 13.2 Å². The molecule has 234 valence electrons. The van der Waals surface area contributed by atoms with Crippen molar-refractivity contribution in [1.82, 2.24) is 14.7 Å². The van der Waals surface area contributed by atoms with Crippen LogP contribution in [0.2, 0.25) is 0 Å². The van der Waals surface area contributed by atoms with E-state index in [1.807, 2.05) is 11.5 Å². The van der Waals surface area contributed by atoms with Crippen molar-refractivity contribution in [2.45, 2.75) is 89.8 Å². The Morgan fingerprint density at radius 1 is 1.02 bits per heavy atom. The van der Waals surface area contributed by atoms with E-state index in [2.05, 4.69) is 9.88 Å². The lowest BCUT2D eigenvalue weighted by Crippen LogP contribution is -2.16. The highest BCUT2D eigenvalue weighted by molar-refractivity contribution is 7.92. The van der Waals surface area contributed by atoms with Gasteiger partial charge in [-0.05, 0) is 68.7 Å². The summed E-state index contributed by atoms with van der Waals surface area (Å²) in [7, 11) is -4.19. The molecule has 0 saturated carbocycles. The Labute approximate surface area is 254 Å². The van der Waals surface area contributed by atoms with Crippen LogP contribution in [0.5, 0.6) is 0 Å². The van der Waals surface area contributed by atoms with E-state index < -0.39 is 22.6 Å². The zero-order valence-electron chi connectivity index (χ0n) is 24.9. The van der Waals surface area contributed by atoms with Crippen molar-refractivity contribution in [2.24, 2.45) is 0 Å². The third-order valence-corrected chi connectivity index (χ3v) is 9.36. The minimum Gasteiger partial charge on any atom is -0.359 e. The Morgan fingerprint density at radius 2 is 1.77 bits per heavy atom. The van der Waals surface area contributed by atoms with Gasteiger partial charge in [0.15, 0.2) is 11.6 Å². The summed E-state index contributed by atoms with van der Waals surface area (Å²) in [5, 5.41) is 3.79. The SMILES string of the molecule is CCCc1nc2c(n1Cc1ccc(-c3ccccc3S(=O)(=O)Nc3noc(C)c3C)c(CCC(F)(F)F)c1)C(=O)CCCC2. The van der Waals surface area contributed by atoms with Crippen molar-refractivity contribution >= 4 is 21.6 Å². The summed E-state index contributed by atoms with van der Waals surface area (Å²) in [6.45, 7) is 5.63. The molecule has 5 rings (SSSR count). The molecule has 1 N–H and O–H groups in total. The molecule has 0 spiro atoms. The van der Waals surface area contributed by atoms with E-state index in [0.717, 1.165) is 30.8 Å². The molecule has 0 amide bonds. The second kappa shape index (κ2) is 12.6. The molecule has 2 heterocycles. The van der Waals surface area contributed by atoms with Crippen molar-refractivity contribution in [3.8, 4) is 11.1 Å². The molecule has 12 heteroatoms. The molecule has 1 aliphatic carbocycles. The van der Waals surface area contributed by atoms with E-state index >= 15 is 0 Å². The normalized spacial score (nSPS) is 14.0. The highest BCUT2D eigenvalue weighted by Gasteiger charge is 2.29. The van der Waals surface area contributed by atoms with Gasteiger partial charge in [-0.25, -0.2) is 13.4 Å². The number of nitrogens with one attached hydrogen (secondary N) is 1. The lowest BCUT2D eigenvalue weighted by Gasteiger charge is -2.18. The van der Waals surface area contributed by atoms with Crippen molar-refractivity contribution in [3.05, 3.63) is 82.1 Å². The molecule has 2 aromatic carbocycles. The molecule has 0 aliphatic heterocycles. The number of Topliss-reactive ketones (excluding diaryl/α,β-unsaturated/α-hetero) is 1. The molecular formula is C32H35F3N4O4S. The van der Waals surface area contributed by atoms with Crippen LogP contribution in [0.3, 0.4) is 0 Å². The number of hydrogen-bond donors (Lipinski definition) is 1. The number of carbonyl (C=O) groups is 1. The first kappa shape index (κ1) is 31.5. The molecule has 0 unspecified atom stereocenters. The number of alkyl halides is 3. The smallest absolute Gasteiger partial charge is 0.359 e. The van der Waals surface area contributed by atoms with Gasteiger partial charge < -0.3 is 9.09 Å². The lowest BCUT2D eigenvalue weighted by molar-refractivity contribution is -0.133. The number of carbonyl (C=O) groups excluding carboxylic acids is 1. The van der Waals surface area contributed by atoms with Crippen molar-refractivity contribution < 1.29 is 30.9 Å². The summed E-state index contributed by atoms with van der Waals surface area (Å²) in [4.78, 5) is 17.8. The molecule has 8 nitrogen and oxygen atoms in total. The number of rotatable bonds is 10. The summed E-state index contributed by atoms with van der Waals surface area (Å²) < 4.78 is 77.0. The third-order valence-electron chi connectivity index (χ3n) is 7.97. The fourth-order valence-corrected chi connectivity index (χ4v) is 6.89. The van der Waals surface area contributed by atoms with E-state index in [1.54, 1.807) is 50.2 Å². The number of ketones is 1. The zero-order chi connectivity index (χ0) is 31.6. The van der Waals surface area contributed by atoms with Gasteiger partial charge in [-0.15, -0.1) is 0 Å². The van der Waals surface area contributed by atoms with Crippen molar-refractivity contribution in [3.63, 3.8) is 0 Å². The Morgan fingerprint density at radius 3 is 2.48 bits per heavy atom. The quantitative estimate of drug-likeness (QED) is 0.184. The van der Waals surface area contributed by atoms with Gasteiger partial charge in [0, 0.05) is 36.9 Å². The van der Waals surface area contributed by atoms with Gasteiger partial charge in [0.2, 0.25) is 0 Å². The van der Waals surface area contributed by atoms with Gasteiger partial charge in [0.1, 0.15) is 17.3 Å². The van der Waals surface area contributed by atoms with Crippen LogP contribution in [-0.4, -0.2) is 35.1 Å². The van der Waals surface area contributed by atoms with Gasteiger partial charge in [-0.3, -0.25) is 9.52 Å². The van der Waals surface area contributed by atoms with Crippen LogP contribution in [0.1, 0.15) is 83.5 Å². The summed E-state index contributed by atoms with van der Waals surface area (Å²) in [6.07, 6.45) is -1.51. The monoisotopic (exact) mass is 628 g/mol. The van der Waals surface area contributed by atoms with Crippen LogP contribution in [0.15, 0.2) is 51.9 Å². The number of fused-ring (bicyclic) bond motifs is 1. The fourth-order valence-electron chi connectivity index (χ4n) is 5.61. The van der Waals surface area contributed by atoms with Crippen LogP contribution in [0, 0.1) is 13.8 Å². The summed E-state index contributed by atoms with van der Waals surface area (Å²) in [5.41, 5.74) is 3.60. The predicted octanol–water partition coefficient (Wildman–Crippen LogP) is 7.36. The highest BCUT2D eigenvalue weighted by atomic mass is 32.2. The summed E-state index contributed by atoms with van der Waals surface area (Å²) >= 11 is 0. The predicted molar refractivity (Wildman–Crippen MR) is 160 cm³/mol. The maximum absolute atomic E-state index is 13.5. The maximum Gasteiger partial charge on any atom is 0.389 e. The average molecular weight is 629 g/mol. The molecule has 0 atom stereocenters. The second-order valence-electron chi connectivity index (χ2n) is 11.2. The molecule has 4 aromatic rings. The zero-order valence-corrected chi connectivity index (χ0v) is 25.7. The molecular weight excluding hydrogens is 593 g/mol. The Hall–Kier alpha value is -3.93. The molecule has 0 bridgehead atoms. The number of aryl methyl sites for hydroxylation is 4. The number of nitrogens with zero attached hydrogens (tertiary/aromatic N) is 3. The van der Waals surface area contributed by atoms with Crippen LogP contribution >= 0.6 is 0 Å². The van der Waals surface area contributed by atoms with Crippen LogP contribution in [0.25, 0.3) is 11.1 Å². The van der Waals surface area contributed by atoms with E-state index in [9.17, 15) is 26.4 Å². The van der Waals surface area contributed by atoms with E-state index in [0.29, 0.717) is 53.0 Å². The van der Waals surface area contributed by atoms with Gasteiger partial charge in [0.25, 0.3) is 10.0 Å². The minimum absolute atomic E-state index is 0.0328. The van der Waals surface area contributed by atoms with Crippen molar-refractivity contribution in [2.75, 3.05) is 4.72 Å². The molecule has 0 radical (unpaired) electrons. The fraction of sp³-hybridized carbons (Fsp3) is 0.406. The molecule has 1 aliphatic rings. The molecule has 0 saturated heterocycles. The Kier molecular flexibility index (Phi) is 9.01. The number of aromatic nitrogens is 3. The lowest BCUT2D eigenvalue weighted by atomic mass is 9.94. The standard InChI is InChI=1S/C32H35F3N4O4S/c1-4-9-29-36-26-11-6-7-12-27(40)30(26)39(29)19-22-14-15-24(23(18-22)16-17-32(33,34)35)25-10-5-8-13-28(25)44(41,42)38-31-20(2)21(3)43-37-31/h5,8,10,13-15,18H,4,6-7,9,11-12,16-17,19H2,1-3H3,(H,37,38). The van der Waals surface area contributed by atoms with Crippen LogP contribution in [-0.2, 0) is 35.8 Å². The second-order valence-corrected chi connectivity index (χ2v) is 12.9. The Bertz CT molecular complexity index is 1790. The van der Waals surface area contributed by atoms with Gasteiger partial charge in [0.05, 0.1) is 10.6 Å². The van der Waals surface area contributed by atoms with Crippen LogP contribution < -0.4 is 4.72 Å². The van der Waals surface area contributed by atoms with Crippen molar-refractivity contribution in [1.29, 1.82) is 0 Å². The number of imidazole rings is 1. The summed E-state index contributed by atoms with van der Waals surface area (Å²) in [5.74, 6) is 1.32. The number of sulfonamides is 1. The van der Waals surface area contributed by atoms with Gasteiger partial charge in [-0.1, -0.05) is 48.5 Å². The van der Waals surface area contributed by atoms with E-state index in [1.165, 1.54) is 6.07 Å². The third kappa shape index (κ3) is 6.74. The first-order valence-electron chi connectivity index (χ1n) is 14.7. The first-order valence-corrected chi connectivity index (χ1v) is 16.2. The number of hydrogen-bond acceptors (Lipinski definition) is 6. The first-order chi connectivity index (χ1) is 20.9. The van der Waals surface area contributed by atoms with Crippen LogP contribution in [0.4, 0.5) is 19.0 Å². The molecule has 2 aromatic heterocycles.